The highest BCUT2D eigenvalue weighted by Crippen LogP contribution is 2.15. The smallest absolute Gasteiger partial charge is 0.405 e. The molecule has 2 N–H and O–H groups in total. The Morgan fingerprint density at radius 2 is 2.00 bits per heavy atom. The molecule has 0 aliphatic carbocycles. The molecule has 0 saturated heterocycles. The van der Waals surface area contributed by atoms with Gasteiger partial charge >= 0.3 is 6.09 Å². The molecule has 2 rings (SSSR count). The van der Waals surface area contributed by atoms with Crippen LogP contribution in [-0.2, 0) is 5.75 Å². The first kappa shape index (κ1) is 17.2. The summed E-state index contributed by atoms with van der Waals surface area (Å²) in [5.74, 6) is 2.27. The number of carbonyl (C=O) groups is 1. The average molecular weight is 331 g/mol. The molecule has 1 unspecified atom stereocenters. The number of nitrogens with one attached hydrogen (secondary N) is 1. The van der Waals surface area contributed by atoms with Crippen LogP contribution in [0.5, 0.6) is 5.75 Å². The zero-order chi connectivity index (χ0) is 16.5. The van der Waals surface area contributed by atoms with Crippen molar-refractivity contribution in [2.75, 3.05) is 12.4 Å². The summed E-state index contributed by atoms with van der Waals surface area (Å²) in [5.41, 5.74) is 2.34. The molecule has 0 spiro atoms. The van der Waals surface area contributed by atoms with E-state index in [9.17, 15) is 4.79 Å². The van der Waals surface area contributed by atoms with Crippen LogP contribution in [0.15, 0.2) is 54.6 Å². The lowest BCUT2D eigenvalue weighted by Crippen LogP contribution is -2.40. The quantitative estimate of drug-likeness (QED) is 0.769. The molecule has 0 radical (unpaired) electrons. The van der Waals surface area contributed by atoms with Crippen LogP contribution in [0.25, 0.3) is 0 Å². The zero-order valence-electron chi connectivity index (χ0n) is 13.1. The Labute approximate surface area is 140 Å². The van der Waals surface area contributed by atoms with Crippen molar-refractivity contribution in [2.45, 2.75) is 18.7 Å². The van der Waals surface area contributed by atoms with Gasteiger partial charge in [-0.2, -0.15) is 11.8 Å². The number of hydrogen-bond acceptors (Lipinski definition) is 3. The summed E-state index contributed by atoms with van der Waals surface area (Å²) in [4.78, 5) is 10.9. The van der Waals surface area contributed by atoms with Crippen LogP contribution in [0.2, 0.25) is 0 Å². The van der Waals surface area contributed by atoms with Crippen LogP contribution in [0.1, 0.15) is 11.1 Å². The van der Waals surface area contributed by atoms with Crippen molar-refractivity contribution in [3.63, 3.8) is 0 Å². The first-order chi connectivity index (χ1) is 11.1. The third kappa shape index (κ3) is 6.65. The van der Waals surface area contributed by atoms with Crippen LogP contribution in [0.3, 0.4) is 0 Å². The van der Waals surface area contributed by atoms with Gasteiger partial charge in [-0.15, -0.1) is 0 Å². The second-order valence-corrected chi connectivity index (χ2v) is 6.30. The number of aryl methyl sites for hydroxylation is 1. The van der Waals surface area contributed by atoms with Gasteiger partial charge in [-0.3, -0.25) is 0 Å². The Balaban J connectivity index is 1.82. The normalized spacial score (nSPS) is 11.7. The fraction of sp³-hybridized carbons (Fsp3) is 0.278. The van der Waals surface area contributed by atoms with E-state index in [-0.39, 0.29) is 6.04 Å². The minimum Gasteiger partial charge on any atom is -0.491 e. The Kier molecular flexibility index (Phi) is 6.81. The molecule has 0 saturated carbocycles. The molecule has 5 heteroatoms. The maximum absolute atomic E-state index is 10.9. The monoisotopic (exact) mass is 331 g/mol. The number of amides is 1. The molecule has 0 fully saturated rings. The number of rotatable bonds is 8. The van der Waals surface area contributed by atoms with Crippen molar-refractivity contribution < 1.29 is 14.6 Å². The van der Waals surface area contributed by atoms with Crippen molar-refractivity contribution in [1.82, 2.24) is 5.32 Å². The third-order valence-electron chi connectivity index (χ3n) is 3.20. The lowest BCUT2D eigenvalue weighted by Gasteiger charge is -2.17. The maximum atomic E-state index is 10.9. The number of carboxylic acid groups (broad SMARTS) is 1. The minimum absolute atomic E-state index is 0.248. The summed E-state index contributed by atoms with van der Waals surface area (Å²) >= 11 is 1.69. The van der Waals surface area contributed by atoms with Gasteiger partial charge in [0.2, 0.25) is 0 Å². The summed E-state index contributed by atoms with van der Waals surface area (Å²) < 4.78 is 5.71. The second kappa shape index (κ2) is 9.10. The lowest BCUT2D eigenvalue weighted by atomic mass is 10.2. The van der Waals surface area contributed by atoms with E-state index in [2.05, 4.69) is 17.4 Å². The van der Waals surface area contributed by atoms with Crippen LogP contribution in [0, 0.1) is 6.92 Å². The Hall–Kier alpha value is -2.14. The summed E-state index contributed by atoms with van der Waals surface area (Å²) in [6.45, 7) is 2.31. The van der Waals surface area contributed by atoms with Gasteiger partial charge in [0, 0.05) is 11.5 Å². The number of thioether (sulfide) groups is 1. The highest BCUT2D eigenvalue weighted by Gasteiger charge is 2.13. The maximum Gasteiger partial charge on any atom is 0.405 e. The van der Waals surface area contributed by atoms with E-state index in [1.165, 1.54) is 5.56 Å². The molecule has 1 amide bonds. The second-order valence-electron chi connectivity index (χ2n) is 5.27. The SMILES string of the molecule is Cc1cccc(OCC(CSCc2ccccc2)NC(=O)O)c1. The molecule has 122 valence electrons. The van der Waals surface area contributed by atoms with E-state index in [1.54, 1.807) is 11.8 Å². The summed E-state index contributed by atoms with van der Waals surface area (Å²) in [5, 5.41) is 11.5. The van der Waals surface area contributed by atoms with Gasteiger partial charge in [0.25, 0.3) is 0 Å². The molecule has 0 aliphatic heterocycles. The third-order valence-corrected chi connectivity index (χ3v) is 4.37. The van der Waals surface area contributed by atoms with Crippen LogP contribution in [-0.4, -0.2) is 29.6 Å². The van der Waals surface area contributed by atoms with Gasteiger partial charge in [-0.1, -0.05) is 42.5 Å². The summed E-state index contributed by atoms with van der Waals surface area (Å²) in [6.07, 6.45) is -1.02. The molecule has 0 heterocycles. The van der Waals surface area contributed by atoms with Crippen molar-refractivity contribution in [3.05, 3.63) is 65.7 Å². The van der Waals surface area contributed by atoms with Gasteiger partial charge in [-0.25, -0.2) is 4.79 Å². The number of ether oxygens (including phenoxy) is 1. The van der Waals surface area contributed by atoms with E-state index in [0.717, 1.165) is 17.1 Å². The van der Waals surface area contributed by atoms with Crippen molar-refractivity contribution in [2.24, 2.45) is 0 Å². The number of hydrogen-bond donors (Lipinski definition) is 2. The molecule has 0 aliphatic rings. The predicted molar refractivity (Wildman–Crippen MR) is 94.2 cm³/mol. The molecular weight excluding hydrogens is 310 g/mol. The van der Waals surface area contributed by atoms with Gasteiger partial charge in [-0.05, 0) is 30.2 Å². The summed E-state index contributed by atoms with van der Waals surface area (Å²) in [7, 11) is 0. The molecule has 0 aromatic heterocycles. The molecule has 4 nitrogen and oxygen atoms in total. The number of benzene rings is 2. The Morgan fingerprint density at radius 3 is 2.70 bits per heavy atom. The Bertz CT molecular complexity index is 619. The molecule has 2 aromatic rings. The molecule has 1 atom stereocenters. The summed E-state index contributed by atoms with van der Waals surface area (Å²) in [6, 6.07) is 17.6. The van der Waals surface area contributed by atoms with Gasteiger partial charge in [0.05, 0.1) is 6.04 Å². The van der Waals surface area contributed by atoms with Crippen molar-refractivity contribution >= 4 is 17.9 Å². The predicted octanol–water partition coefficient (Wildman–Crippen LogP) is 3.94. The topological polar surface area (TPSA) is 58.6 Å². The van der Waals surface area contributed by atoms with E-state index in [1.807, 2.05) is 49.4 Å². The van der Waals surface area contributed by atoms with Crippen molar-refractivity contribution in [1.29, 1.82) is 0 Å². The van der Waals surface area contributed by atoms with E-state index in [4.69, 9.17) is 9.84 Å². The highest BCUT2D eigenvalue weighted by molar-refractivity contribution is 7.98. The van der Waals surface area contributed by atoms with Gasteiger partial charge in [0.15, 0.2) is 0 Å². The molecular formula is C18H21NO3S. The first-order valence-electron chi connectivity index (χ1n) is 7.44. The lowest BCUT2D eigenvalue weighted by molar-refractivity contribution is 0.183. The zero-order valence-corrected chi connectivity index (χ0v) is 13.9. The highest BCUT2D eigenvalue weighted by atomic mass is 32.2. The molecule has 0 bridgehead atoms. The van der Waals surface area contributed by atoms with E-state index in [0.29, 0.717) is 12.4 Å². The standard InChI is InChI=1S/C18H21NO3S/c1-14-6-5-9-17(10-14)22-11-16(19-18(20)21)13-23-12-15-7-3-2-4-8-15/h2-10,16,19H,11-13H2,1H3,(H,20,21). The first-order valence-corrected chi connectivity index (χ1v) is 8.59. The molecule has 23 heavy (non-hydrogen) atoms. The van der Waals surface area contributed by atoms with E-state index < -0.39 is 6.09 Å². The van der Waals surface area contributed by atoms with E-state index >= 15 is 0 Å². The van der Waals surface area contributed by atoms with Crippen LogP contribution < -0.4 is 10.1 Å². The Morgan fingerprint density at radius 1 is 1.22 bits per heavy atom. The molecule has 2 aromatic carbocycles. The minimum atomic E-state index is -1.02. The van der Waals surface area contributed by atoms with Gasteiger partial charge < -0.3 is 15.2 Å². The fourth-order valence-electron chi connectivity index (χ4n) is 2.10. The van der Waals surface area contributed by atoms with Crippen LogP contribution >= 0.6 is 11.8 Å². The van der Waals surface area contributed by atoms with Crippen molar-refractivity contribution in [3.8, 4) is 5.75 Å². The largest absolute Gasteiger partial charge is 0.491 e. The van der Waals surface area contributed by atoms with Gasteiger partial charge in [0.1, 0.15) is 12.4 Å². The fourth-order valence-corrected chi connectivity index (χ4v) is 3.11. The van der Waals surface area contributed by atoms with Crippen LogP contribution in [0.4, 0.5) is 4.79 Å². The average Bonchev–Trinajstić information content (AvgIpc) is 2.53.